The Morgan fingerprint density at radius 3 is 2.53 bits per heavy atom. The number of benzene rings is 1. The van der Waals surface area contributed by atoms with Crippen LogP contribution in [0.3, 0.4) is 0 Å². The Labute approximate surface area is 112 Å². The zero-order valence-corrected chi connectivity index (χ0v) is 11.1. The molecule has 2 aliphatic rings. The Morgan fingerprint density at radius 1 is 1.32 bits per heavy atom. The van der Waals surface area contributed by atoms with Gasteiger partial charge in [-0.25, -0.2) is 8.78 Å². The number of hydrogen-bond acceptors (Lipinski definition) is 2. The molecule has 1 aromatic rings. The maximum atomic E-state index is 13.9. The lowest BCUT2D eigenvalue weighted by atomic mass is 9.94. The Kier molecular flexibility index (Phi) is 3.31. The summed E-state index contributed by atoms with van der Waals surface area (Å²) >= 11 is 0. The predicted octanol–water partition coefficient (Wildman–Crippen LogP) is 2.76. The predicted molar refractivity (Wildman–Crippen MR) is 69.1 cm³/mol. The van der Waals surface area contributed by atoms with Crippen molar-refractivity contribution in [2.24, 2.45) is 0 Å². The number of rotatable bonds is 4. The summed E-state index contributed by atoms with van der Waals surface area (Å²) in [6.07, 6.45) is 2.85. The van der Waals surface area contributed by atoms with Gasteiger partial charge in [-0.15, -0.1) is 0 Å². The van der Waals surface area contributed by atoms with Crippen LogP contribution in [0.1, 0.15) is 31.7 Å². The summed E-state index contributed by atoms with van der Waals surface area (Å²) in [6.45, 7) is 3.43. The van der Waals surface area contributed by atoms with Crippen molar-refractivity contribution in [3.8, 4) is 0 Å². The molecule has 104 valence electrons. The van der Waals surface area contributed by atoms with Crippen molar-refractivity contribution in [2.45, 2.75) is 43.7 Å². The van der Waals surface area contributed by atoms with Crippen molar-refractivity contribution in [3.63, 3.8) is 0 Å². The van der Waals surface area contributed by atoms with Crippen LogP contribution in [0.5, 0.6) is 0 Å². The van der Waals surface area contributed by atoms with Crippen LogP contribution in [-0.4, -0.2) is 25.3 Å². The second kappa shape index (κ2) is 4.84. The van der Waals surface area contributed by atoms with Crippen LogP contribution in [-0.2, 0) is 10.2 Å². The number of halogens is 2. The minimum absolute atomic E-state index is 0.182. The first kappa shape index (κ1) is 13.0. The molecule has 0 bridgehead atoms. The molecular formula is C15H19F2NO. The van der Waals surface area contributed by atoms with Crippen LogP contribution in [0.15, 0.2) is 18.2 Å². The van der Waals surface area contributed by atoms with E-state index in [0.717, 1.165) is 25.9 Å². The first-order valence-corrected chi connectivity index (χ1v) is 6.92. The normalized spacial score (nSPS) is 28.6. The van der Waals surface area contributed by atoms with E-state index in [2.05, 4.69) is 5.32 Å². The summed E-state index contributed by atoms with van der Waals surface area (Å²) in [7, 11) is 0. The summed E-state index contributed by atoms with van der Waals surface area (Å²) in [6, 6.07) is 4.41. The molecule has 2 atom stereocenters. The molecule has 1 aliphatic carbocycles. The molecule has 1 aliphatic heterocycles. The minimum Gasteiger partial charge on any atom is -0.377 e. The van der Waals surface area contributed by atoms with Gasteiger partial charge in [-0.2, -0.15) is 0 Å². The third-order valence-electron chi connectivity index (χ3n) is 4.43. The summed E-state index contributed by atoms with van der Waals surface area (Å²) < 4.78 is 33.2. The average molecular weight is 267 g/mol. The van der Waals surface area contributed by atoms with Crippen molar-refractivity contribution in [1.82, 2.24) is 5.32 Å². The van der Waals surface area contributed by atoms with Crippen LogP contribution >= 0.6 is 0 Å². The molecule has 0 amide bonds. The monoisotopic (exact) mass is 267 g/mol. The molecular weight excluding hydrogens is 248 g/mol. The fraction of sp³-hybridized carbons (Fsp3) is 0.600. The van der Waals surface area contributed by atoms with Crippen LogP contribution in [0.4, 0.5) is 8.78 Å². The highest BCUT2D eigenvalue weighted by molar-refractivity contribution is 5.34. The van der Waals surface area contributed by atoms with Crippen molar-refractivity contribution in [2.75, 3.05) is 13.2 Å². The molecule has 0 unspecified atom stereocenters. The van der Waals surface area contributed by atoms with Gasteiger partial charge in [0.2, 0.25) is 0 Å². The van der Waals surface area contributed by atoms with Crippen molar-refractivity contribution in [1.29, 1.82) is 0 Å². The molecule has 0 radical (unpaired) electrons. The van der Waals surface area contributed by atoms with Gasteiger partial charge in [0, 0.05) is 30.2 Å². The molecule has 4 heteroatoms. The molecule has 0 spiro atoms. The van der Waals surface area contributed by atoms with Crippen molar-refractivity contribution < 1.29 is 13.5 Å². The molecule has 2 fully saturated rings. The fourth-order valence-electron chi connectivity index (χ4n) is 3.00. The highest BCUT2D eigenvalue weighted by Crippen LogP contribution is 2.49. The quantitative estimate of drug-likeness (QED) is 0.905. The first-order valence-electron chi connectivity index (χ1n) is 6.92. The van der Waals surface area contributed by atoms with Gasteiger partial charge in [0.1, 0.15) is 11.6 Å². The third kappa shape index (κ3) is 2.39. The van der Waals surface area contributed by atoms with E-state index >= 15 is 0 Å². The molecule has 1 heterocycles. The highest BCUT2D eigenvalue weighted by Gasteiger charge is 2.48. The zero-order valence-electron chi connectivity index (χ0n) is 11.1. The summed E-state index contributed by atoms with van der Waals surface area (Å²) in [5, 5.41) is 3.43. The van der Waals surface area contributed by atoms with Crippen LogP contribution in [0.2, 0.25) is 0 Å². The number of hydrogen-bond donors (Lipinski definition) is 1. The minimum atomic E-state index is -0.421. The molecule has 19 heavy (non-hydrogen) atoms. The average Bonchev–Trinajstić information content (AvgIpc) is 3.03. The zero-order chi connectivity index (χ0) is 13.5. The third-order valence-corrected chi connectivity index (χ3v) is 4.43. The van der Waals surface area contributed by atoms with Gasteiger partial charge in [-0.1, -0.05) is 6.07 Å². The summed E-state index contributed by atoms with van der Waals surface area (Å²) in [4.78, 5) is 0. The van der Waals surface area contributed by atoms with E-state index in [9.17, 15) is 8.78 Å². The van der Waals surface area contributed by atoms with E-state index < -0.39 is 11.6 Å². The Morgan fingerprint density at radius 2 is 2.00 bits per heavy atom. The van der Waals surface area contributed by atoms with E-state index in [1.165, 1.54) is 18.2 Å². The smallest absolute Gasteiger partial charge is 0.129 e. The van der Waals surface area contributed by atoms with E-state index in [1.807, 2.05) is 6.92 Å². The van der Waals surface area contributed by atoms with E-state index in [-0.39, 0.29) is 17.1 Å². The Hall–Kier alpha value is -1.00. The lowest BCUT2D eigenvalue weighted by Crippen LogP contribution is -2.40. The topological polar surface area (TPSA) is 21.3 Å². The molecule has 1 aromatic carbocycles. The van der Waals surface area contributed by atoms with Gasteiger partial charge in [-0.3, -0.25) is 0 Å². The van der Waals surface area contributed by atoms with Gasteiger partial charge < -0.3 is 10.1 Å². The van der Waals surface area contributed by atoms with Gasteiger partial charge in [0.25, 0.3) is 0 Å². The Balaban J connectivity index is 1.73. The molecule has 2 nitrogen and oxygen atoms in total. The molecule has 1 N–H and O–H groups in total. The standard InChI is InChI=1S/C15H19F2NO/c1-10-13(5-8-19-10)18-9-15(6-7-15)14-11(16)3-2-4-12(14)17/h2-4,10,13,18H,5-9H2,1H3/t10-,13+/m1/s1. The lowest BCUT2D eigenvalue weighted by molar-refractivity contribution is 0.112. The van der Waals surface area contributed by atoms with Crippen LogP contribution in [0.25, 0.3) is 0 Å². The summed E-state index contributed by atoms with van der Waals surface area (Å²) in [5.41, 5.74) is -0.0911. The molecule has 1 saturated heterocycles. The molecule has 0 aromatic heterocycles. The number of ether oxygens (including phenoxy) is 1. The van der Waals surface area contributed by atoms with Crippen molar-refractivity contribution in [3.05, 3.63) is 35.4 Å². The van der Waals surface area contributed by atoms with Gasteiger partial charge in [-0.05, 0) is 38.3 Å². The number of nitrogens with one attached hydrogen (secondary N) is 1. The summed E-state index contributed by atoms with van der Waals surface area (Å²) in [5.74, 6) is -0.843. The van der Waals surface area contributed by atoms with Crippen LogP contribution in [0, 0.1) is 11.6 Å². The van der Waals surface area contributed by atoms with E-state index in [0.29, 0.717) is 12.6 Å². The largest absolute Gasteiger partial charge is 0.377 e. The van der Waals surface area contributed by atoms with Gasteiger partial charge in [0.15, 0.2) is 0 Å². The van der Waals surface area contributed by atoms with Crippen molar-refractivity contribution >= 4 is 0 Å². The van der Waals surface area contributed by atoms with Gasteiger partial charge >= 0.3 is 0 Å². The second-order valence-corrected chi connectivity index (χ2v) is 5.73. The maximum absolute atomic E-state index is 13.9. The molecule has 3 rings (SSSR count). The van der Waals surface area contributed by atoms with Gasteiger partial charge in [0.05, 0.1) is 6.10 Å². The van der Waals surface area contributed by atoms with E-state index in [4.69, 9.17) is 4.74 Å². The molecule has 1 saturated carbocycles. The maximum Gasteiger partial charge on any atom is 0.129 e. The lowest BCUT2D eigenvalue weighted by Gasteiger charge is -2.22. The SMILES string of the molecule is C[C@H]1OCC[C@@H]1NCC1(c2c(F)cccc2F)CC1. The fourth-order valence-corrected chi connectivity index (χ4v) is 3.00. The Bertz CT molecular complexity index is 453. The van der Waals surface area contributed by atoms with Crippen LogP contribution < -0.4 is 5.32 Å². The van der Waals surface area contributed by atoms with E-state index in [1.54, 1.807) is 0 Å². The highest BCUT2D eigenvalue weighted by atomic mass is 19.1. The first-order chi connectivity index (χ1) is 9.12. The second-order valence-electron chi connectivity index (χ2n) is 5.73.